The molecule has 0 saturated carbocycles. The number of H-pyrrole nitrogens is 1. The van der Waals surface area contributed by atoms with Gasteiger partial charge in [0, 0.05) is 16.8 Å². The van der Waals surface area contributed by atoms with Crippen LogP contribution in [0.2, 0.25) is 0 Å². The van der Waals surface area contributed by atoms with Gasteiger partial charge >= 0.3 is 5.97 Å². The van der Waals surface area contributed by atoms with Crippen LogP contribution >= 0.6 is 0 Å². The number of rotatable bonds is 3. The van der Waals surface area contributed by atoms with Crippen molar-refractivity contribution in [1.29, 1.82) is 0 Å². The van der Waals surface area contributed by atoms with E-state index in [1.165, 1.54) is 31.4 Å². The third kappa shape index (κ3) is 2.90. The molecule has 1 aromatic carbocycles. The first-order valence-electron chi connectivity index (χ1n) is 5.94. The Morgan fingerprint density at radius 1 is 1.35 bits per heavy atom. The van der Waals surface area contributed by atoms with Crippen LogP contribution in [0.25, 0.3) is 11.4 Å². The number of carbonyl (C=O) groups is 1. The smallest absolute Gasteiger partial charge is 0.310 e. The second-order valence-corrected chi connectivity index (χ2v) is 4.24. The fourth-order valence-corrected chi connectivity index (χ4v) is 1.78. The fourth-order valence-electron chi connectivity index (χ4n) is 1.78. The Balaban J connectivity index is 2.42. The second kappa shape index (κ2) is 5.64. The van der Waals surface area contributed by atoms with Crippen LogP contribution < -0.4 is 5.56 Å². The quantitative estimate of drug-likeness (QED) is 0.864. The van der Waals surface area contributed by atoms with Crippen molar-refractivity contribution in [2.75, 3.05) is 7.11 Å². The van der Waals surface area contributed by atoms with E-state index in [1.807, 2.05) is 0 Å². The van der Waals surface area contributed by atoms with E-state index in [4.69, 9.17) is 0 Å². The van der Waals surface area contributed by atoms with Gasteiger partial charge in [0.05, 0.1) is 13.5 Å². The van der Waals surface area contributed by atoms with Crippen LogP contribution in [0.5, 0.6) is 0 Å². The lowest BCUT2D eigenvalue weighted by molar-refractivity contribution is -0.139. The number of aromatic amines is 1. The van der Waals surface area contributed by atoms with E-state index in [-0.39, 0.29) is 17.8 Å². The molecule has 6 heteroatoms. The number of aromatic nitrogens is 2. The summed E-state index contributed by atoms with van der Waals surface area (Å²) in [6, 6.07) is 5.61. The molecule has 0 aliphatic rings. The Kier molecular flexibility index (Phi) is 3.93. The van der Waals surface area contributed by atoms with Crippen molar-refractivity contribution >= 4 is 5.97 Å². The molecule has 5 nitrogen and oxygen atoms in total. The fraction of sp³-hybridized carbons (Fsp3) is 0.214. The highest BCUT2D eigenvalue weighted by Gasteiger charge is 2.13. The summed E-state index contributed by atoms with van der Waals surface area (Å²) in [5.74, 6) is -0.536. The van der Waals surface area contributed by atoms with Gasteiger partial charge in [-0.1, -0.05) is 0 Å². The van der Waals surface area contributed by atoms with Crippen molar-refractivity contribution in [2.24, 2.45) is 0 Å². The van der Waals surface area contributed by atoms with E-state index in [9.17, 15) is 14.0 Å². The lowest BCUT2D eigenvalue weighted by atomic mass is 10.1. The highest BCUT2D eigenvalue weighted by atomic mass is 19.1. The number of methoxy groups -OCH3 is 1. The number of nitrogens with one attached hydrogen (secondary N) is 1. The molecule has 2 aromatic rings. The Hall–Kier alpha value is -2.50. The first-order chi connectivity index (χ1) is 9.51. The first-order valence-corrected chi connectivity index (χ1v) is 5.94. The summed E-state index contributed by atoms with van der Waals surface area (Å²) < 4.78 is 17.4. The minimum absolute atomic E-state index is 0.131. The Morgan fingerprint density at radius 2 is 2.00 bits per heavy atom. The maximum Gasteiger partial charge on any atom is 0.310 e. The minimum atomic E-state index is -0.505. The molecule has 1 N–H and O–H groups in total. The van der Waals surface area contributed by atoms with Crippen molar-refractivity contribution in [1.82, 2.24) is 9.97 Å². The highest BCUT2D eigenvalue weighted by Crippen LogP contribution is 2.15. The predicted molar refractivity (Wildman–Crippen MR) is 70.7 cm³/mol. The van der Waals surface area contributed by atoms with Crippen LogP contribution in [0.4, 0.5) is 4.39 Å². The summed E-state index contributed by atoms with van der Waals surface area (Å²) in [4.78, 5) is 30.0. The Morgan fingerprint density at radius 3 is 2.55 bits per heavy atom. The number of nitrogens with zero attached hydrogens (tertiary/aromatic N) is 1. The Bertz CT molecular complexity index is 693. The van der Waals surface area contributed by atoms with E-state index in [0.717, 1.165) is 0 Å². The highest BCUT2D eigenvalue weighted by molar-refractivity contribution is 5.72. The maximum atomic E-state index is 12.9. The van der Waals surface area contributed by atoms with Crippen molar-refractivity contribution < 1.29 is 13.9 Å². The van der Waals surface area contributed by atoms with Crippen molar-refractivity contribution in [3.05, 3.63) is 51.7 Å². The topological polar surface area (TPSA) is 72.0 Å². The lowest BCUT2D eigenvalue weighted by Gasteiger charge is -2.06. The predicted octanol–water partition coefficient (Wildman–Crippen LogP) is 1.60. The average Bonchev–Trinajstić information content (AvgIpc) is 2.43. The van der Waals surface area contributed by atoms with Gasteiger partial charge in [-0.15, -0.1) is 0 Å². The van der Waals surface area contributed by atoms with Gasteiger partial charge in [-0.2, -0.15) is 0 Å². The van der Waals surface area contributed by atoms with Gasteiger partial charge in [-0.25, -0.2) is 9.37 Å². The monoisotopic (exact) mass is 276 g/mol. The summed E-state index contributed by atoms with van der Waals surface area (Å²) in [5.41, 5.74) is 0.902. The standard InChI is InChI=1S/C14H13FN2O3/c1-8-11(7-12(18)20-2)14(19)17-13(16-8)9-3-5-10(15)6-4-9/h3-6H,7H2,1-2H3,(H,16,17,19). The van der Waals surface area contributed by atoms with Gasteiger partial charge in [-0.05, 0) is 31.2 Å². The molecular weight excluding hydrogens is 263 g/mol. The van der Waals surface area contributed by atoms with Crippen LogP contribution in [0, 0.1) is 12.7 Å². The number of esters is 1. The second-order valence-electron chi connectivity index (χ2n) is 4.24. The van der Waals surface area contributed by atoms with Crippen molar-refractivity contribution in [2.45, 2.75) is 13.3 Å². The van der Waals surface area contributed by atoms with Crippen molar-refractivity contribution in [3.63, 3.8) is 0 Å². The van der Waals surface area contributed by atoms with E-state index in [1.54, 1.807) is 6.92 Å². The number of hydrogen-bond acceptors (Lipinski definition) is 4. The van der Waals surface area contributed by atoms with E-state index in [2.05, 4.69) is 14.7 Å². The molecule has 0 aliphatic carbocycles. The van der Waals surface area contributed by atoms with Gasteiger partial charge in [-0.3, -0.25) is 9.59 Å². The number of carbonyl (C=O) groups excluding carboxylic acids is 1. The molecule has 1 heterocycles. The van der Waals surface area contributed by atoms with E-state index >= 15 is 0 Å². The molecule has 1 aromatic heterocycles. The van der Waals surface area contributed by atoms with Crippen LogP contribution in [0.1, 0.15) is 11.3 Å². The SMILES string of the molecule is COC(=O)Cc1c(C)nc(-c2ccc(F)cc2)[nH]c1=O. The van der Waals surface area contributed by atoms with Gasteiger partial charge < -0.3 is 9.72 Å². The van der Waals surface area contributed by atoms with Crippen LogP contribution in [0.3, 0.4) is 0 Å². The van der Waals surface area contributed by atoms with E-state index in [0.29, 0.717) is 17.1 Å². The van der Waals surface area contributed by atoms with E-state index < -0.39 is 11.5 Å². The maximum absolute atomic E-state index is 12.9. The molecule has 0 aliphatic heterocycles. The molecule has 0 bridgehead atoms. The Labute approximate surface area is 114 Å². The molecular formula is C14H13FN2O3. The zero-order valence-corrected chi connectivity index (χ0v) is 11.1. The molecule has 20 heavy (non-hydrogen) atoms. The largest absolute Gasteiger partial charge is 0.469 e. The molecule has 0 spiro atoms. The number of halogens is 1. The molecule has 0 fully saturated rings. The molecule has 0 saturated heterocycles. The summed E-state index contributed by atoms with van der Waals surface area (Å²) in [6.07, 6.45) is -0.131. The van der Waals surface area contributed by atoms with Crippen molar-refractivity contribution in [3.8, 4) is 11.4 Å². The third-order valence-electron chi connectivity index (χ3n) is 2.89. The molecule has 104 valence electrons. The zero-order chi connectivity index (χ0) is 14.7. The normalized spacial score (nSPS) is 10.3. The number of hydrogen-bond donors (Lipinski definition) is 1. The number of benzene rings is 1. The molecule has 0 amide bonds. The molecule has 0 radical (unpaired) electrons. The van der Waals surface area contributed by atoms with Gasteiger partial charge in [0.1, 0.15) is 11.6 Å². The van der Waals surface area contributed by atoms with Crippen LogP contribution in [0.15, 0.2) is 29.1 Å². The van der Waals surface area contributed by atoms with Gasteiger partial charge in [0.2, 0.25) is 0 Å². The summed E-state index contributed by atoms with van der Waals surface area (Å²) >= 11 is 0. The van der Waals surface area contributed by atoms with Gasteiger partial charge in [0.15, 0.2) is 0 Å². The zero-order valence-electron chi connectivity index (χ0n) is 11.1. The number of ether oxygens (including phenoxy) is 1. The first kappa shape index (κ1) is 13.9. The van der Waals surface area contributed by atoms with Crippen LogP contribution in [-0.2, 0) is 16.0 Å². The number of aryl methyl sites for hydroxylation is 1. The minimum Gasteiger partial charge on any atom is -0.469 e. The summed E-state index contributed by atoms with van der Waals surface area (Å²) in [6.45, 7) is 1.64. The molecule has 0 unspecified atom stereocenters. The summed E-state index contributed by atoms with van der Waals surface area (Å²) in [7, 11) is 1.26. The van der Waals surface area contributed by atoms with Crippen LogP contribution in [-0.4, -0.2) is 23.0 Å². The lowest BCUT2D eigenvalue weighted by Crippen LogP contribution is -2.21. The summed E-state index contributed by atoms with van der Waals surface area (Å²) in [5, 5.41) is 0. The third-order valence-corrected chi connectivity index (χ3v) is 2.89. The molecule has 0 atom stereocenters. The molecule has 2 rings (SSSR count). The average molecular weight is 276 g/mol. The van der Waals surface area contributed by atoms with Gasteiger partial charge in [0.25, 0.3) is 5.56 Å².